The van der Waals surface area contributed by atoms with Crippen molar-refractivity contribution in [3.8, 4) is 0 Å². The van der Waals surface area contributed by atoms with Gasteiger partial charge in [-0.25, -0.2) is 4.79 Å². The Kier molecular flexibility index (Phi) is 5.65. The third-order valence-electron chi connectivity index (χ3n) is 3.76. The van der Waals surface area contributed by atoms with Crippen LogP contribution < -0.4 is 5.32 Å². The zero-order chi connectivity index (χ0) is 16.3. The van der Waals surface area contributed by atoms with Crippen molar-refractivity contribution in [3.05, 3.63) is 0 Å². The molecule has 0 spiro atoms. The Labute approximate surface area is 128 Å². The SMILES string of the molecule is CC(NC(=O)OC(C)(C)C)C(=O)N1CCCC(C)(C)CC1. The van der Waals surface area contributed by atoms with E-state index in [1.807, 2.05) is 4.90 Å². The van der Waals surface area contributed by atoms with E-state index in [4.69, 9.17) is 4.74 Å². The predicted octanol–water partition coefficient (Wildman–Crippen LogP) is 2.94. The first-order chi connectivity index (χ1) is 9.50. The number of amides is 2. The molecule has 5 nitrogen and oxygen atoms in total. The molecule has 0 bridgehead atoms. The van der Waals surface area contributed by atoms with Crippen LogP contribution in [0.5, 0.6) is 0 Å². The van der Waals surface area contributed by atoms with E-state index in [0.29, 0.717) is 0 Å². The number of alkyl carbamates (subject to hydrolysis) is 1. The number of rotatable bonds is 2. The first kappa shape index (κ1) is 17.8. The monoisotopic (exact) mass is 298 g/mol. The third-order valence-corrected chi connectivity index (χ3v) is 3.76. The highest BCUT2D eigenvalue weighted by Crippen LogP contribution is 2.29. The van der Waals surface area contributed by atoms with Gasteiger partial charge in [-0.1, -0.05) is 13.8 Å². The van der Waals surface area contributed by atoms with Gasteiger partial charge in [-0.15, -0.1) is 0 Å². The van der Waals surface area contributed by atoms with Crippen molar-refractivity contribution >= 4 is 12.0 Å². The number of hydrogen-bond acceptors (Lipinski definition) is 3. The molecule has 1 fully saturated rings. The summed E-state index contributed by atoms with van der Waals surface area (Å²) < 4.78 is 5.18. The lowest BCUT2D eigenvalue weighted by Gasteiger charge is -2.27. The van der Waals surface area contributed by atoms with Gasteiger partial charge in [0.15, 0.2) is 0 Å². The highest BCUT2D eigenvalue weighted by atomic mass is 16.6. The number of carbonyl (C=O) groups excluding carboxylic acids is 2. The second-order valence-electron chi connectivity index (χ2n) is 7.71. The topological polar surface area (TPSA) is 58.6 Å². The van der Waals surface area contributed by atoms with Gasteiger partial charge in [-0.3, -0.25) is 4.79 Å². The Bertz CT molecular complexity index is 385. The molecule has 0 aromatic rings. The average Bonchev–Trinajstić information content (AvgIpc) is 2.46. The summed E-state index contributed by atoms with van der Waals surface area (Å²) in [5.74, 6) is -0.0291. The van der Waals surface area contributed by atoms with Gasteiger partial charge in [0.2, 0.25) is 5.91 Å². The van der Waals surface area contributed by atoms with Gasteiger partial charge in [-0.2, -0.15) is 0 Å². The maximum atomic E-state index is 12.4. The van der Waals surface area contributed by atoms with E-state index >= 15 is 0 Å². The molecule has 0 aliphatic carbocycles. The minimum Gasteiger partial charge on any atom is -0.444 e. The van der Waals surface area contributed by atoms with Crippen molar-refractivity contribution in [3.63, 3.8) is 0 Å². The molecule has 122 valence electrons. The molecule has 0 radical (unpaired) electrons. The summed E-state index contributed by atoms with van der Waals surface area (Å²) in [5, 5.41) is 2.62. The predicted molar refractivity (Wildman–Crippen MR) is 83.0 cm³/mol. The Morgan fingerprint density at radius 1 is 1.19 bits per heavy atom. The molecule has 1 aliphatic rings. The summed E-state index contributed by atoms with van der Waals surface area (Å²) in [5.41, 5.74) is -0.268. The number of nitrogens with zero attached hydrogens (tertiary/aromatic N) is 1. The van der Waals surface area contributed by atoms with E-state index in [1.54, 1.807) is 27.7 Å². The fraction of sp³-hybridized carbons (Fsp3) is 0.875. The van der Waals surface area contributed by atoms with Gasteiger partial charge in [0.05, 0.1) is 0 Å². The Morgan fingerprint density at radius 2 is 1.81 bits per heavy atom. The van der Waals surface area contributed by atoms with Crippen LogP contribution in [0.2, 0.25) is 0 Å². The van der Waals surface area contributed by atoms with E-state index in [1.165, 1.54) is 0 Å². The molecule has 1 heterocycles. The van der Waals surface area contributed by atoms with E-state index in [0.717, 1.165) is 32.4 Å². The van der Waals surface area contributed by atoms with Crippen molar-refractivity contribution < 1.29 is 14.3 Å². The van der Waals surface area contributed by atoms with Crippen LogP contribution >= 0.6 is 0 Å². The summed E-state index contributed by atoms with van der Waals surface area (Å²) in [6, 6.07) is -0.555. The van der Waals surface area contributed by atoms with E-state index in [9.17, 15) is 9.59 Å². The van der Waals surface area contributed by atoms with Crippen LogP contribution in [0.25, 0.3) is 0 Å². The van der Waals surface area contributed by atoms with E-state index < -0.39 is 17.7 Å². The fourth-order valence-electron chi connectivity index (χ4n) is 2.46. The summed E-state index contributed by atoms with van der Waals surface area (Å²) >= 11 is 0. The zero-order valence-electron chi connectivity index (χ0n) is 14.3. The maximum Gasteiger partial charge on any atom is 0.408 e. The summed E-state index contributed by atoms with van der Waals surface area (Å²) in [7, 11) is 0. The lowest BCUT2D eigenvalue weighted by atomic mass is 9.85. The fourth-order valence-corrected chi connectivity index (χ4v) is 2.46. The van der Waals surface area contributed by atoms with Crippen LogP contribution in [0.1, 0.15) is 60.8 Å². The van der Waals surface area contributed by atoms with Crippen LogP contribution in [-0.2, 0) is 9.53 Å². The molecule has 21 heavy (non-hydrogen) atoms. The minimum atomic E-state index is -0.556. The van der Waals surface area contributed by atoms with Gasteiger partial charge in [0.1, 0.15) is 11.6 Å². The molecule has 1 saturated heterocycles. The lowest BCUT2D eigenvalue weighted by molar-refractivity contribution is -0.133. The van der Waals surface area contributed by atoms with E-state index in [2.05, 4.69) is 19.2 Å². The number of ether oxygens (including phenoxy) is 1. The van der Waals surface area contributed by atoms with Crippen LogP contribution in [0, 0.1) is 5.41 Å². The molecule has 0 aromatic carbocycles. The highest BCUT2D eigenvalue weighted by molar-refractivity contribution is 5.85. The normalized spacial score (nSPS) is 20.4. The third kappa shape index (κ3) is 6.36. The molecule has 0 aromatic heterocycles. The molecule has 1 unspecified atom stereocenters. The Hall–Kier alpha value is -1.26. The number of nitrogens with one attached hydrogen (secondary N) is 1. The summed E-state index contributed by atoms with van der Waals surface area (Å²) in [4.78, 5) is 26.0. The van der Waals surface area contributed by atoms with Crippen LogP contribution in [0.15, 0.2) is 0 Å². The number of carbonyl (C=O) groups is 2. The van der Waals surface area contributed by atoms with Crippen LogP contribution in [0.3, 0.4) is 0 Å². The van der Waals surface area contributed by atoms with Crippen molar-refractivity contribution in [2.24, 2.45) is 5.41 Å². The zero-order valence-corrected chi connectivity index (χ0v) is 14.3. The molecular formula is C16H30N2O3. The second kappa shape index (κ2) is 6.67. The number of hydrogen-bond donors (Lipinski definition) is 1. The molecule has 1 N–H and O–H groups in total. The van der Waals surface area contributed by atoms with Crippen LogP contribution in [0.4, 0.5) is 4.79 Å². The molecule has 0 saturated carbocycles. The average molecular weight is 298 g/mol. The molecule has 5 heteroatoms. The smallest absolute Gasteiger partial charge is 0.408 e. The molecule has 1 aliphatic heterocycles. The van der Waals surface area contributed by atoms with Gasteiger partial charge in [0, 0.05) is 13.1 Å². The molecular weight excluding hydrogens is 268 g/mol. The van der Waals surface area contributed by atoms with Gasteiger partial charge in [-0.05, 0) is 52.4 Å². The van der Waals surface area contributed by atoms with Gasteiger partial charge in [0.25, 0.3) is 0 Å². The van der Waals surface area contributed by atoms with Crippen LogP contribution in [-0.4, -0.2) is 41.6 Å². The Balaban J connectivity index is 2.52. The lowest BCUT2D eigenvalue weighted by Crippen LogP contribution is -2.48. The molecule has 2 amide bonds. The van der Waals surface area contributed by atoms with Crippen molar-refractivity contribution in [2.45, 2.75) is 72.4 Å². The van der Waals surface area contributed by atoms with Gasteiger partial charge < -0.3 is 15.0 Å². The summed E-state index contributed by atoms with van der Waals surface area (Å²) in [6.45, 7) is 13.1. The Morgan fingerprint density at radius 3 is 2.38 bits per heavy atom. The minimum absolute atomic E-state index is 0.0291. The van der Waals surface area contributed by atoms with Crippen molar-refractivity contribution in [2.75, 3.05) is 13.1 Å². The highest BCUT2D eigenvalue weighted by Gasteiger charge is 2.29. The summed E-state index contributed by atoms with van der Waals surface area (Å²) in [6.07, 6.45) is 2.60. The first-order valence-corrected chi connectivity index (χ1v) is 7.78. The van der Waals surface area contributed by atoms with Crippen molar-refractivity contribution in [1.82, 2.24) is 10.2 Å². The second-order valence-corrected chi connectivity index (χ2v) is 7.71. The molecule has 1 atom stereocenters. The largest absolute Gasteiger partial charge is 0.444 e. The molecule has 1 rings (SSSR count). The number of likely N-dealkylation sites (tertiary alicyclic amines) is 1. The van der Waals surface area contributed by atoms with E-state index in [-0.39, 0.29) is 11.3 Å². The quantitative estimate of drug-likeness (QED) is 0.852. The maximum absolute atomic E-state index is 12.4. The van der Waals surface area contributed by atoms with Gasteiger partial charge >= 0.3 is 6.09 Å². The van der Waals surface area contributed by atoms with Crippen molar-refractivity contribution in [1.29, 1.82) is 0 Å². The standard InChI is InChI=1S/C16H30N2O3/c1-12(17-14(20)21-15(2,3)4)13(19)18-10-7-8-16(5,6)9-11-18/h12H,7-11H2,1-6H3,(H,17,20). The first-order valence-electron chi connectivity index (χ1n) is 7.78.